The van der Waals surface area contributed by atoms with E-state index < -0.39 is 0 Å². The lowest BCUT2D eigenvalue weighted by atomic mass is 10.1. The van der Waals surface area contributed by atoms with Crippen molar-refractivity contribution in [3.63, 3.8) is 0 Å². The third-order valence-corrected chi connectivity index (χ3v) is 4.84. The van der Waals surface area contributed by atoms with E-state index in [1.807, 2.05) is 18.3 Å². The SMILES string of the molecule is COC[C@H](C)NC(=O)NC[C@H](C)N1CCc2sccc2C1. The molecule has 1 aromatic heterocycles. The summed E-state index contributed by atoms with van der Waals surface area (Å²) in [7, 11) is 1.63. The molecule has 2 heterocycles. The van der Waals surface area contributed by atoms with E-state index in [4.69, 9.17) is 4.74 Å². The largest absolute Gasteiger partial charge is 0.383 e. The van der Waals surface area contributed by atoms with E-state index in [1.165, 1.54) is 10.4 Å². The van der Waals surface area contributed by atoms with Crippen molar-refractivity contribution in [1.29, 1.82) is 0 Å². The molecule has 1 aliphatic rings. The smallest absolute Gasteiger partial charge is 0.315 e. The van der Waals surface area contributed by atoms with Gasteiger partial charge in [0.15, 0.2) is 0 Å². The van der Waals surface area contributed by atoms with E-state index >= 15 is 0 Å². The number of carbonyl (C=O) groups is 1. The highest BCUT2D eigenvalue weighted by atomic mass is 32.1. The second-order valence-electron chi connectivity index (χ2n) is 5.65. The first kappa shape index (κ1) is 16.3. The van der Waals surface area contributed by atoms with E-state index in [0.717, 1.165) is 19.5 Å². The summed E-state index contributed by atoms with van der Waals surface area (Å²) < 4.78 is 5.00. The Hall–Kier alpha value is -1.11. The van der Waals surface area contributed by atoms with Crippen LogP contribution in [0.25, 0.3) is 0 Å². The summed E-state index contributed by atoms with van der Waals surface area (Å²) in [6, 6.07) is 2.45. The Morgan fingerprint density at radius 1 is 1.52 bits per heavy atom. The van der Waals surface area contributed by atoms with Crippen molar-refractivity contribution in [2.75, 3.05) is 26.8 Å². The molecule has 0 aliphatic carbocycles. The first-order valence-electron chi connectivity index (χ1n) is 7.42. The molecule has 0 radical (unpaired) electrons. The van der Waals surface area contributed by atoms with Gasteiger partial charge in [0, 0.05) is 37.7 Å². The van der Waals surface area contributed by atoms with Gasteiger partial charge in [0.05, 0.1) is 12.6 Å². The molecule has 0 unspecified atom stereocenters. The van der Waals surface area contributed by atoms with Gasteiger partial charge in [-0.2, -0.15) is 0 Å². The molecular formula is C15H25N3O2S. The summed E-state index contributed by atoms with van der Waals surface area (Å²) >= 11 is 1.85. The summed E-state index contributed by atoms with van der Waals surface area (Å²) in [4.78, 5) is 15.7. The number of hydrogen-bond acceptors (Lipinski definition) is 4. The number of urea groups is 1. The number of carbonyl (C=O) groups excluding carboxylic acids is 1. The molecule has 2 atom stereocenters. The first-order valence-corrected chi connectivity index (χ1v) is 8.30. The van der Waals surface area contributed by atoms with Crippen LogP contribution in [0.1, 0.15) is 24.3 Å². The van der Waals surface area contributed by atoms with E-state index in [0.29, 0.717) is 19.2 Å². The summed E-state index contributed by atoms with van der Waals surface area (Å²) in [5.74, 6) is 0. The minimum atomic E-state index is -0.125. The molecular weight excluding hydrogens is 286 g/mol. The van der Waals surface area contributed by atoms with Crippen LogP contribution in [-0.2, 0) is 17.7 Å². The van der Waals surface area contributed by atoms with E-state index in [9.17, 15) is 4.79 Å². The van der Waals surface area contributed by atoms with Gasteiger partial charge in [-0.15, -0.1) is 11.3 Å². The summed E-state index contributed by atoms with van der Waals surface area (Å²) in [6.07, 6.45) is 1.12. The third-order valence-electron chi connectivity index (χ3n) is 3.81. The van der Waals surface area contributed by atoms with Crippen molar-refractivity contribution in [2.24, 2.45) is 0 Å². The fourth-order valence-electron chi connectivity index (χ4n) is 2.58. The van der Waals surface area contributed by atoms with Gasteiger partial charge in [-0.25, -0.2) is 4.79 Å². The second kappa shape index (κ2) is 7.77. The number of nitrogens with zero attached hydrogens (tertiary/aromatic N) is 1. The van der Waals surface area contributed by atoms with Gasteiger partial charge in [0.1, 0.15) is 0 Å². The zero-order valence-corrected chi connectivity index (χ0v) is 13.8. The van der Waals surface area contributed by atoms with Crippen molar-refractivity contribution in [1.82, 2.24) is 15.5 Å². The van der Waals surface area contributed by atoms with Crippen LogP contribution in [0.4, 0.5) is 4.79 Å². The van der Waals surface area contributed by atoms with Crippen LogP contribution >= 0.6 is 11.3 Å². The number of ether oxygens (including phenoxy) is 1. The predicted molar refractivity (Wildman–Crippen MR) is 85.8 cm³/mol. The second-order valence-corrected chi connectivity index (χ2v) is 6.65. The molecule has 6 heteroatoms. The molecule has 0 aromatic carbocycles. The molecule has 0 saturated carbocycles. The molecule has 21 heavy (non-hydrogen) atoms. The summed E-state index contributed by atoms with van der Waals surface area (Å²) in [5.41, 5.74) is 1.44. The third kappa shape index (κ3) is 4.69. The Labute approximate surface area is 130 Å². The highest BCUT2D eigenvalue weighted by Gasteiger charge is 2.21. The maximum absolute atomic E-state index is 11.8. The van der Waals surface area contributed by atoms with Crippen molar-refractivity contribution in [2.45, 2.75) is 38.9 Å². The van der Waals surface area contributed by atoms with Crippen molar-refractivity contribution < 1.29 is 9.53 Å². The van der Waals surface area contributed by atoms with Crippen LogP contribution in [0.5, 0.6) is 0 Å². The molecule has 5 nitrogen and oxygen atoms in total. The number of methoxy groups -OCH3 is 1. The minimum Gasteiger partial charge on any atom is -0.383 e. The first-order chi connectivity index (χ1) is 10.1. The zero-order valence-electron chi connectivity index (χ0n) is 13.0. The molecule has 0 saturated heterocycles. The highest BCUT2D eigenvalue weighted by molar-refractivity contribution is 7.10. The lowest BCUT2D eigenvalue weighted by Crippen LogP contribution is -2.48. The van der Waals surface area contributed by atoms with Gasteiger partial charge < -0.3 is 15.4 Å². The number of rotatable bonds is 6. The number of hydrogen-bond donors (Lipinski definition) is 2. The highest BCUT2D eigenvalue weighted by Crippen LogP contribution is 2.24. The Morgan fingerprint density at radius 2 is 2.33 bits per heavy atom. The predicted octanol–water partition coefficient (Wildman–Crippen LogP) is 1.83. The van der Waals surface area contributed by atoms with Gasteiger partial charge in [-0.05, 0) is 37.3 Å². The minimum absolute atomic E-state index is 0.0219. The molecule has 2 N–H and O–H groups in total. The topological polar surface area (TPSA) is 53.6 Å². The average molecular weight is 311 g/mol. The van der Waals surface area contributed by atoms with Crippen LogP contribution in [-0.4, -0.2) is 49.8 Å². The van der Waals surface area contributed by atoms with Gasteiger partial charge in [-0.3, -0.25) is 4.90 Å². The van der Waals surface area contributed by atoms with Gasteiger partial charge in [-0.1, -0.05) is 0 Å². The molecule has 1 aromatic rings. The molecule has 0 bridgehead atoms. The van der Waals surface area contributed by atoms with Gasteiger partial charge in [0.2, 0.25) is 0 Å². The standard InChI is InChI=1S/C15H25N3O2S/c1-11(10-20-3)17-15(19)16-8-12(2)18-6-4-14-13(9-18)5-7-21-14/h5,7,11-12H,4,6,8-10H2,1-3H3,(H2,16,17,19)/t11-,12-/m0/s1. The fraction of sp³-hybridized carbons (Fsp3) is 0.667. The van der Waals surface area contributed by atoms with Gasteiger partial charge in [0.25, 0.3) is 0 Å². The lowest BCUT2D eigenvalue weighted by molar-refractivity contribution is 0.167. The quantitative estimate of drug-likeness (QED) is 0.843. The Balaban J connectivity index is 1.72. The number of nitrogens with one attached hydrogen (secondary N) is 2. The van der Waals surface area contributed by atoms with Crippen LogP contribution in [0.3, 0.4) is 0 Å². The number of amides is 2. The zero-order chi connectivity index (χ0) is 15.2. The van der Waals surface area contributed by atoms with Crippen LogP contribution in [0, 0.1) is 0 Å². The van der Waals surface area contributed by atoms with E-state index in [-0.39, 0.29) is 12.1 Å². The Bertz CT molecular complexity index is 464. The van der Waals surface area contributed by atoms with Crippen molar-refractivity contribution >= 4 is 17.4 Å². The Kier molecular flexibility index (Phi) is 6.02. The molecule has 2 rings (SSSR count). The van der Waals surface area contributed by atoms with Crippen molar-refractivity contribution in [3.8, 4) is 0 Å². The average Bonchev–Trinajstić information content (AvgIpc) is 2.92. The van der Waals surface area contributed by atoms with Crippen molar-refractivity contribution in [3.05, 3.63) is 21.9 Å². The number of thiophene rings is 1. The van der Waals surface area contributed by atoms with Crippen LogP contribution in [0.2, 0.25) is 0 Å². The molecule has 0 spiro atoms. The lowest BCUT2D eigenvalue weighted by Gasteiger charge is -2.32. The van der Waals surface area contributed by atoms with Gasteiger partial charge >= 0.3 is 6.03 Å². The Morgan fingerprint density at radius 3 is 3.10 bits per heavy atom. The number of fused-ring (bicyclic) bond motifs is 1. The monoisotopic (exact) mass is 311 g/mol. The maximum Gasteiger partial charge on any atom is 0.315 e. The molecule has 118 valence electrons. The normalized spacial score (nSPS) is 17.9. The molecule has 2 amide bonds. The van der Waals surface area contributed by atoms with E-state index in [2.05, 4.69) is 33.9 Å². The summed E-state index contributed by atoms with van der Waals surface area (Å²) in [6.45, 7) is 7.33. The molecule has 1 aliphatic heterocycles. The van der Waals surface area contributed by atoms with Crippen LogP contribution < -0.4 is 10.6 Å². The summed E-state index contributed by atoms with van der Waals surface area (Å²) in [5, 5.41) is 7.97. The van der Waals surface area contributed by atoms with Crippen LogP contribution in [0.15, 0.2) is 11.4 Å². The molecule has 0 fully saturated rings. The van der Waals surface area contributed by atoms with E-state index in [1.54, 1.807) is 7.11 Å². The maximum atomic E-state index is 11.8. The fourth-order valence-corrected chi connectivity index (χ4v) is 3.47.